The van der Waals surface area contributed by atoms with Crippen LogP contribution in [0.15, 0.2) is 28.3 Å². The molecule has 0 aromatic heterocycles. The first-order chi connectivity index (χ1) is 6.07. The maximum absolute atomic E-state index is 11.1. The normalized spacial score (nSPS) is 24.8. The topological polar surface area (TPSA) is 49.7 Å². The molecule has 5 heteroatoms. The monoisotopic (exact) mass is 198 g/mol. The Hall–Kier alpha value is -1.10. The van der Waals surface area contributed by atoms with Crippen LogP contribution in [0, 0.1) is 0 Å². The molecule has 0 N–H and O–H groups in total. The van der Waals surface area contributed by atoms with Crippen LogP contribution in [0.4, 0.5) is 0 Å². The lowest BCUT2D eigenvalue weighted by atomic mass is 10.2. The van der Waals surface area contributed by atoms with E-state index in [9.17, 15) is 8.42 Å². The van der Waals surface area contributed by atoms with Crippen LogP contribution < -0.4 is 0 Å². The lowest BCUT2D eigenvalue weighted by Crippen LogP contribution is -2.36. The van der Waals surface area contributed by atoms with E-state index in [2.05, 4.69) is 4.40 Å². The second kappa shape index (κ2) is 2.70. The summed E-state index contributed by atoms with van der Waals surface area (Å²) in [5.41, 5.74) is 1.02. The summed E-state index contributed by atoms with van der Waals surface area (Å²) in [7, 11) is -3.21. The SMILES string of the molecule is CC1=CC2=NS(=O)(=O)CCN2C=C1. The Morgan fingerprint density at radius 2 is 2.31 bits per heavy atom. The minimum Gasteiger partial charge on any atom is -0.331 e. The predicted octanol–water partition coefficient (Wildman–Crippen LogP) is 0.504. The molecule has 0 saturated heterocycles. The van der Waals surface area contributed by atoms with Gasteiger partial charge >= 0.3 is 0 Å². The first-order valence-electron chi connectivity index (χ1n) is 4.03. The molecule has 2 aliphatic rings. The maximum atomic E-state index is 11.1. The number of amidine groups is 1. The smallest absolute Gasteiger partial charge is 0.256 e. The minimum absolute atomic E-state index is 0.105. The van der Waals surface area contributed by atoms with Gasteiger partial charge in [-0.3, -0.25) is 0 Å². The van der Waals surface area contributed by atoms with E-state index < -0.39 is 10.0 Å². The molecule has 0 saturated carbocycles. The molecule has 0 aromatic carbocycles. The van der Waals surface area contributed by atoms with E-state index in [1.54, 1.807) is 6.08 Å². The van der Waals surface area contributed by atoms with Gasteiger partial charge in [0.25, 0.3) is 10.0 Å². The van der Waals surface area contributed by atoms with E-state index in [0.29, 0.717) is 12.4 Å². The van der Waals surface area contributed by atoms with Crippen molar-refractivity contribution in [1.29, 1.82) is 0 Å². The number of hydrogen-bond donors (Lipinski definition) is 0. The summed E-state index contributed by atoms with van der Waals surface area (Å²) in [6.45, 7) is 2.42. The van der Waals surface area contributed by atoms with Crippen molar-refractivity contribution in [2.24, 2.45) is 4.40 Å². The van der Waals surface area contributed by atoms with Gasteiger partial charge < -0.3 is 4.90 Å². The van der Waals surface area contributed by atoms with E-state index in [1.807, 2.05) is 24.1 Å². The standard InChI is InChI=1S/C8H10N2O2S/c1-7-2-3-10-4-5-13(11,12)9-8(10)6-7/h2-3,6H,4-5H2,1H3. The molecule has 70 valence electrons. The van der Waals surface area contributed by atoms with Crippen LogP contribution in [-0.2, 0) is 10.0 Å². The van der Waals surface area contributed by atoms with Gasteiger partial charge in [0, 0.05) is 12.7 Å². The predicted molar refractivity (Wildman–Crippen MR) is 50.8 cm³/mol. The number of hydrogen-bond acceptors (Lipinski definition) is 3. The van der Waals surface area contributed by atoms with Gasteiger partial charge in [0.1, 0.15) is 5.84 Å². The van der Waals surface area contributed by atoms with Crippen LogP contribution >= 0.6 is 0 Å². The van der Waals surface area contributed by atoms with Gasteiger partial charge in [0.2, 0.25) is 0 Å². The highest BCUT2D eigenvalue weighted by Gasteiger charge is 2.22. The quantitative estimate of drug-likeness (QED) is 0.569. The van der Waals surface area contributed by atoms with Crippen molar-refractivity contribution in [1.82, 2.24) is 4.90 Å². The third-order valence-electron chi connectivity index (χ3n) is 1.99. The third-order valence-corrected chi connectivity index (χ3v) is 3.15. The minimum atomic E-state index is -3.21. The Kier molecular flexibility index (Phi) is 1.76. The molecule has 0 unspecified atom stereocenters. The third kappa shape index (κ3) is 1.65. The van der Waals surface area contributed by atoms with Crippen molar-refractivity contribution in [3.8, 4) is 0 Å². The molecule has 2 heterocycles. The lowest BCUT2D eigenvalue weighted by Gasteiger charge is -2.26. The molecule has 0 aliphatic carbocycles. The summed E-state index contributed by atoms with van der Waals surface area (Å²) in [5.74, 6) is 0.638. The molecular formula is C8H10N2O2S. The van der Waals surface area contributed by atoms with Crippen LogP contribution in [0.25, 0.3) is 0 Å². The average Bonchev–Trinajstić information content (AvgIpc) is 2.01. The zero-order chi connectivity index (χ0) is 9.47. The first-order valence-corrected chi connectivity index (χ1v) is 5.63. The molecule has 2 aliphatic heterocycles. The summed E-state index contributed by atoms with van der Waals surface area (Å²) in [4.78, 5) is 1.84. The molecule has 13 heavy (non-hydrogen) atoms. The average molecular weight is 198 g/mol. The Morgan fingerprint density at radius 1 is 1.54 bits per heavy atom. The van der Waals surface area contributed by atoms with Gasteiger partial charge in [-0.1, -0.05) is 0 Å². The van der Waals surface area contributed by atoms with Crippen molar-refractivity contribution in [2.75, 3.05) is 12.3 Å². The molecule has 0 aromatic rings. The lowest BCUT2D eigenvalue weighted by molar-refractivity contribution is 0.548. The molecule has 0 amide bonds. The van der Waals surface area contributed by atoms with Gasteiger partial charge in [0.05, 0.1) is 5.75 Å². The van der Waals surface area contributed by atoms with Gasteiger partial charge in [0.15, 0.2) is 0 Å². The van der Waals surface area contributed by atoms with E-state index >= 15 is 0 Å². The molecule has 0 fully saturated rings. The maximum Gasteiger partial charge on any atom is 0.256 e. The number of nitrogens with zero attached hydrogens (tertiary/aromatic N) is 2. The van der Waals surface area contributed by atoms with Crippen LogP contribution in [0.3, 0.4) is 0 Å². The van der Waals surface area contributed by atoms with E-state index in [4.69, 9.17) is 0 Å². The highest BCUT2D eigenvalue weighted by molar-refractivity contribution is 7.90. The number of allylic oxidation sites excluding steroid dienone is 2. The molecule has 0 atom stereocenters. The second-order valence-corrected chi connectivity index (χ2v) is 4.89. The molecular weight excluding hydrogens is 188 g/mol. The van der Waals surface area contributed by atoms with E-state index in [0.717, 1.165) is 5.57 Å². The fourth-order valence-electron chi connectivity index (χ4n) is 1.29. The van der Waals surface area contributed by atoms with Gasteiger partial charge in [-0.15, -0.1) is 4.40 Å². The second-order valence-electron chi connectivity index (χ2n) is 3.13. The molecule has 0 radical (unpaired) electrons. The Labute approximate surface area is 77.3 Å². The van der Waals surface area contributed by atoms with Gasteiger partial charge in [-0.2, -0.15) is 0 Å². The van der Waals surface area contributed by atoms with Crippen LogP contribution in [-0.4, -0.2) is 31.5 Å². The van der Waals surface area contributed by atoms with Crippen molar-refractivity contribution in [2.45, 2.75) is 6.92 Å². The van der Waals surface area contributed by atoms with Crippen LogP contribution in [0.2, 0.25) is 0 Å². The summed E-state index contributed by atoms with van der Waals surface area (Å²) in [6.07, 6.45) is 5.58. The van der Waals surface area contributed by atoms with E-state index in [-0.39, 0.29) is 5.75 Å². The van der Waals surface area contributed by atoms with Crippen molar-refractivity contribution in [3.05, 3.63) is 23.9 Å². The fraction of sp³-hybridized carbons (Fsp3) is 0.375. The fourth-order valence-corrected chi connectivity index (χ4v) is 2.25. The van der Waals surface area contributed by atoms with Crippen molar-refractivity contribution < 1.29 is 8.42 Å². The van der Waals surface area contributed by atoms with E-state index in [1.165, 1.54) is 0 Å². The van der Waals surface area contributed by atoms with Crippen LogP contribution in [0.1, 0.15) is 6.92 Å². The largest absolute Gasteiger partial charge is 0.331 e. The number of rotatable bonds is 0. The number of sulfonamides is 1. The summed E-state index contributed by atoms with van der Waals surface area (Å²) < 4.78 is 26.0. The summed E-state index contributed by atoms with van der Waals surface area (Å²) in [6, 6.07) is 0. The van der Waals surface area contributed by atoms with Crippen molar-refractivity contribution in [3.63, 3.8) is 0 Å². The summed E-state index contributed by atoms with van der Waals surface area (Å²) >= 11 is 0. The van der Waals surface area contributed by atoms with Crippen LogP contribution in [0.5, 0.6) is 0 Å². The molecule has 0 bridgehead atoms. The highest BCUT2D eigenvalue weighted by atomic mass is 32.2. The number of fused-ring (bicyclic) bond motifs is 1. The summed E-state index contributed by atoms with van der Waals surface area (Å²) in [5, 5.41) is 0. The van der Waals surface area contributed by atoms with Gasteiger partial charge in [-0.05, 0) is 24.6 Å². The molecule has 0 spiro atoms. The molecule has 2 rings (SSSR count). The van der Waals surface area contributed by atoms with Gasteiger partial charge in [-0.25, -0.2) is 8.42 Å². The zero-order valence-corrected chi connectivity index (χ0v) is 8.08. The Balaban J connectivity index is 2.46. The molecule has 4 nitrogen and oxygen atoms in total. The Bertz CT molecular complexity index is 417. The van der Waals surface area contributed by atoms with Crippen molar-refractivity contribution >= 4 is 15.9 Å². The zero-order valence-electron chi connectivity index (χ0n) is 7.27. The highest BCUT2D eigenvalue weighted by Crippen LogP contribution is 2.14. The first kappa shape index (κ1) is 8.50. The Morgan fingerprint density at radius 3 is 3.08 bits per heavy atom.